The third-order valence-electron chi connectivity index (χ3n) is 5.55. The van der Waals surface area contributed by atoms with Crippen LogP contribution in [0.5, 0.6) is 0 Å². The van der Waals surface area contributed by atoms with Crippen LogP contribution in [0.4, 0.5) is 14.5 Å². The quantitative estimate of drug-likeness (QED) is 0.613. The van der Waals surface area contributed by atoms with E-state index in [-0.39, 0.29) is 22.9 Å². The standard InChI is InChI=1S/C23H23F2N3O3S/c24-21-8-6-19(16-22(21)25)26-23(29)9-10-27-11-13-28(14-12-27)32(30,31)20-7-5-17-3-1-2-4-18(17)15-20/h1-8,15-16H,9-14H2,(H,26,29). The summed E-state index contributed by atoms with van der Waals surface area (Å²) in [7, 11) is -3.60. The molecule has 1 fully saturated rings. The molecule has 0 unspecified atom stereocenters. The van der Waals surface area contributed by atoms with Crippen LogP contribution in [0.25, 0.3) is 10.8 Å². The fourth-order valence-corrected chi connectivity index (χ4v) is 5.19. The fraction of sp³-hybridized carbons (Fsp3) is 0.261. The third kappa shape index (κ3) is 4.95. The van der Waals surface area contributed by atoms with E-state index >= 15 is 0 Å². The van der Waals surface area contributed by atoms with Crippen molar-refractivity contribution in [2.24, 2.45) is 0 Å². The zero-order valence-corrected chi connectivity index (χ0v) is 18.1. The summed E-state index contributed by atoms with van der Waals surface area (Å²) in [5, 5.41) is 4.40. The van der Waals surface area contributed by atoms with Crippen LogP contribution in [0.15, 0.2) is 65.6 Å². The molecule has 0 aliphatic carbocycles. The van der Waals surface area contributed by atoms with E-state index in [0.29, 0.717) is 32.7 Å². The molecule has 168 valence electrons. The van der Waals surface area contributed by atoms with Crippen molar-refractivity contribution in [1.82, 2.24) is 9.21 Å². The maximum Gasteiger partial charge on any atom is 0.243 e. The van der Waals surface area contributed by atoms with Crippen LogP contribution < -0.4 is 5.32 Å². The van der Waals surface area contributed by atoms with Crippen molar-refractivity contribution in [3.8, 4) is 0 Å². The molecule has 9 heteroatoms. The Morgan fingerprint density at radius 1 is 0.875 bits per heavy atom. The van der Waals surface area contributed by atoms with Gasteiger partial charge in [-0.05, 0) is 35.0 Å². The highest BCUT2D eigenvalue weighted by molar-refractivity contribution is 7.89. The second kappa shape index (κ2) is 9.32. The van der Waals surface area contributed by atoms with Crippen molar-refractivity contribution in [2.45, 2.75) is 11.3 Å². The molecule has 0 radical (unpaired) electrons. The van der Waals surface area contributed by atoms with Gasteiger partial charge < -0.3 is 10.2 Å². The predicted octanol–water partition coefficient (Wildman–Crippen LogP) is 3.45. The lowest BCUT2D eigenvalue weighted by atomic mass is 10.1. The van der Waals surface area contributed by atoms with Gasteiger partial charge in [-0.25, -0.2) is 17.2 Å². The Kier molecular flexibility index (Phi) is 6.50. The number of benzene rings is 3. The first-order valence-electron chi connectivity index (χ1n) is 10.3. The molecule has 1 aliphatic rings. The number of carbonyl (C=O) groups excluding carboxylic acids is 1. The van der Waals surface area contributed by atoms with Gasteiger partial charge in [-0.2, -0.15) is 4.31 Å². The second-order valence-corrected chi connectivity index (χ2v) is 9.62. The summed E-state index contributed by atoms with van der Waals surface area (Å²) in [5.74, 6) is -2.31. The molecule has 1 heterocycles. The molecule has 0 spiro atoms. The fourth-order valence-electron chi connectivity index (χ4n) is 3.73. The minimum absolute atomic E-state index is 0.163. The molecule has 0 saturated carbocycles. The highest BCUT2D eigenvalue weighted by Gasteiger charge is 2.28. The Morgan fingerprint density at radius 2 is 1.59 bits per heavy atom. The zero-order valence-electron chi connectivity index (χ0n) is 17.3. The van der Waals surface area contributed by atoms with E-state index in [0.717, 1.165) is 22.9 Å². The molecule has 3 aromatic rings. The van der Waals surface area contributed by atoms with E-state index in [2.05, 4.69) is 5.32 Å². The van der Waals surface area contributed by atoms with Gasteiger partial charge in [-0.15, -0.1) is 0 Å². The number of hydrogen-bond donors (Lipinski definition) is 1. The summed E-state index contributed by atoms with van der Waals surface area (Å²) < 4.78 is 53.8. The van der Waals surface area contributed by atoms with E-state index in [9.17, 15) is 22.0 Å². The molecule has 4 rings (SSSR count). The van der Waals surface area contributed by atoms with Crippen LogP contribution >= 0.6 is 0 Å². The second-order valence-electron chi connectivity index (χ2n) is 7.68. The van der Waals surface area contributed by atoms with Crippen LogP contribution in [0.2, 0.25) is 0 Å². The Hall–Kier alpha value is -2.88. The number of hydrogen-bond acceptors (Lipinski definition) is 4. The Morgan fingerprint density at radius 3 is 2.31 bits per heavy atom. The molecule has 1 aliphatic heterocycles. The summed E-state index contributed by atoms with van der Waals surface area (Å²) in [6, 6.07) is 15.9. The third-order valence-corrected chi connectivity index (χ3v) is 7.44. The van der Waals surface area contributed by atoms with E-state index in [4.69, 9.17) is 0 Å². The van der Waals surface area contributed by atoms with E-state index in [1.54, 1.807) is 12.1 Å². The molecule has 1 saturated heterocycles. The van der Waals surface area contributed by atoms with Gasteiger partial charge in [-0.1, -0.05) is 30.3 Å². The maximum atomic E-state index is 13.3. The molecular weight excluding hydrogens is 436 g/mol. The van der Waals surface area contributed by atoms with Crippen LogP contribution in [0.3, 0.4) is 0 Å². The minimum atomic E-state index is -3.60. The first kappa shape index (κ1) is 22.3. The Labute approximate surface area is 185 Å². The summed E-state index contributed by atoms with van der Waals surface area (Å²) in [4.78, 5) is 14.4. The SMILES string of the molecule is O=C(CCN1CCN(S(=O)(=O)c2ccc3ccccc3c2)CC1)Nc1ccc(F)c(F)c1. The predicted molar refractivity (Wildman–Crippen MR) is 119 cm³/mol. The van der Waals surface area contributed by atoms with Crippen molar-refractivity contribution >= 4 is 32.4 Å². The number of sulfonamides is 1. The summed E-state index contributed by atoms with van der Waals surface area (Å²) in [5.41, 5.74) is 0.195. The first-order chi connectivity index (χ1) is 15.3. The number of nitrogens with one attached hydrogen (secondary N) is 1. The van der Waals surface area contributed by atoms with Crippen molar-refractivity contribution < 1.29 is 22.0 Å². The summed E-state index contributed by atoms with van der Waals surface area (Å²) in [6.07, 6.45) is 0.163. The molecule has 6 nitrogen and oxygen atoms in total. The number of piperazine rings is 1. The molecule has 0 atom stereocenters. The number of rotatable bonds is 6. The number of amides is 1. The normalized spacial score (nSPS) is 15.7. The van der Waals surface area contributed by atoms with Crippen LogP contribution in [0.1, 0.15) is 6.42 Å². The smallest absolute Gasteiger partial charge is 0.243 e. The number of carbonyl (C=O) groups is 1. The number of nitrogens with zero attached hydrogens (tertiary/aromatic N) is 2. The van der Waals surface area contributed by atoms with Gasteiger partial charge in [0.2, 0.25) is 15.9 Å². The Bertz CT molecular complexity index is 1240. The molecule has 0 aromatic heterocycles. The molecule has 32 heavy (non-hydrogen) atoms. The largest absolute Gasteiger partial charge is 0.326 e. The molecular formula is C23H23F2N3O3S. The van der Waals surface area contributed by atoms with Crippen LogP contribution in [0, 0.1) is 11.6 Å². The minimum Gasteiger partial charge on any atom is -0.326 e. The highest BCUT2D eigenvalue weighted by atomic mass is 32.2. The van der Waals surface area contributed by atoms with Crippen molar-refractivity contribution in [3.05, 3.63) is 72.3 Å². The van der Waals surface area contributed by atoms with Crippen LogP contribution in [-0.2, 0) is 14.8 Å². The number of anilines is 1. The van der Waals surface area contributed by atoms with Gasteiger partial charge in [0.05, 0.1) is 4.90 Å². The van der Waals surface area contributed by atoms with Gasteiger partial charge in [0, 0.05) is 50.9 Å². The van der Waals surface area contributed by atoms with E-state index < -0.39 is 21.7 Å². The first-order valence-corrected chi connectivity index (χ1v) is 11.7. The lowest BCUT2D eigenvalue weighted by molar-refractivity contribution is -0.116. The van der Waals surface area contributed by atoms with Crippen molar-refractivity contribution in [2.75, 3.05) is 38.0 Å². The average Bonchev–Trinajstić information content (AvgIpc) is 2.80. The van der Waals surface area contributed by atoms with Gasteiger partial charge in [0.15, 0.2) is 11.6 Å². The molecule has 1 amide bonds. The lowest BCUT2D eigenvalue weighted by Crippen LogP contribution is -2.49. The van der Waals surface area contributed by atoms with Gasteiger partial charge >= 0.3 is 0 Å². The van der Waals surface area contributed by atoms with Crippen LogP contribution in [-0.4, -0.2) is 56.3 Å². The van der Waals surface area contributed by atoms with Crippen molar-refractivity contribution in [3.63, 3.8) is 0 Å². The van der Waals surface area contributed by atoms with Crippen molar-refractivity contribution in [1.29, 1.82) is 0 Å². The van der Waals surface area contributed by atoms with Gasteiger partial charge in [-0.3, -0.25) is 4.79 Å². The molecule has 3 aromatic carbocycles. The maximum absolute atomic E-state index is 13.3. The summed E-state index contributed by atoms with van der Waals surface area (Å²) in [6.45, 7) is 2.12. The van der Waals surface area contributed by atoms with E-state index in [1.165, 1.54) is 10.4 Å². The summed E-state index contributed by atoms with van der Waals surface area (Å²) >= 11 is 0. The highest BCUT2D eigenvalue weighted by Crippen LogP contribution is 2.23. The molecule has 1 N–H and O–H groups in total. The number of halogens is 2. The average molecular weight is 460 g/mol. The topological polar surface area (TPSA) is 69.7 Å². The van der Waals surface area contributed by atoms with Gasteiger partial charge in [0.25, 0.3) is 0 Å². The zero-order chi connectivity index (χ0) is 22.7. The van der Waals surface area contributed by atoms with Gasteiger partial charge in [0.1, 0.15) is 0 Å². The monoisotopic (exact) mass is 459 g/mol. The van der Waals surface area contributed by atoms with E-state index in [1.807, 2.05) is 35.2 Å². The Balaban J connectivity index is 1.30. The molecule has 0 bridgehead atoms. The number of fused-ring (bicyclic) bond motifs is 1. The lowest BCUT2D eigenvalue weighted by Gasteiger charge is -2.33.